The van der Waals surface area contributed by atoms with Crippen molar-refractivity contribution < 1.29 is 14.6 Å². The number of aliphatic hydroxyl groups excluding tert-OH is 1. The average molecular weight is 333 g/mol. The zero-order chi connectivity index (χ0) is 16.7. The number of benzene rings is 1. The molecule has 0 aliphatic heterocycles. The van der Waals surface area contributed by atoms with Crippen molar-refractivity contribution >= 4 is 17.2 Å². The first kappa shape index (κ1) is 17.5. The lowest BCUT2D eigenvalue weighted by Gasteiger charge is -2.15. The van der Waals surface area contributed by atoms with E-state index in [9.17, 15) is 9.90 Å². The van der Waals surface area contributed by atoms with E-state index in [4.69, 9.17) is 4.74 Å². The summed E-state index contributed by atoms with van der Waals surface area (Å²) < 4.78 is 5.61. The molecule has 0 bridgehead atoms. The maximum atomic E-state index is 11.8. The van der Waals surface area contributed by atoms with Gasteiger partial charge in [-0.2, -0.15) is 11.3 Å². The number of thiophene rings is 1. The largest absolute Gasteiger partial charge is 0.491 e. The Morgan fingerprint density at radius 2 is 2.17 bits per heavy atom. The van der Waals surface area contributed by atoms with Crippen LogP contribution < -0.4 is 10.1 Å². The molecule has 0 unspecified atom stereocenters. The first-order chi connectivity index (χ1) is 11.0. The summed E-state index contributed by atoms with van der Waals surface area (Å²) in [6, 6.07) is 9.36. The Labute approximate surface area is 141 Å². The second-order valence-electron chi connectivity index (χ2n) is 5.69. The number of carbonyl (C=O) groups is 1. The van der Waals surface area contributed by atoms with Crippen LogP contribution in [0.5, 0.6) is 5.75 Å². The highest BCUT2D eigenvalue weighted by molar-refractivity contribution is 7.07. The van der Waals surface area contributed by atoms with E-state index < -0.39 is 6.10 Å². The Kier molecular flexibility index (Phi) is 6.62. The Balaban J connectivity index is 1.79. The molecular formula is C18H23NO3S. The predicted octanol–water partition coefficient (Wildman–Crippen LogP) is 3.32. The van der Waals surface area contributed by atoms with Crippen molar-refractivity contribution in [1.82, 2.24) is 5.32 Å². The molecule has 1 aromatic heterocycles. The SMILES string of the molecule is CC(C)Oc1cccc([C@@H](O)CNC(=O)CCc2ccsc2)c1. The van der Waals surface area contributed by atoms with E-state index >= 15 is 0 Å². The molecule has 0 spiro atoms. The van der Waals surface area contributed by atoms with E-state index in [-0.39, 0.29) is 18.6 Å². The molecule has 1 atom stereocenters. The van der Waals surface area contributed by atoms with E-state index in [1.54, 1.807) is 11.3 Å². The molecule has 4 nitrogen and oxygen atoms in total. The molecule has 124 valence electrons. The fourth-order valence-corrected chi connectivity index (χ4v) is 2.88. The molecule has 0 aliphatic rings. The Morgan fingerprint density at radius 3 is 2.87 bits per heavy atom. The molecule has 0 saturated carbocycles. The van der Waals surface area contributed by atoms with Crippen LogP contribution in [0.1, 0.15) is 37.5 Å². The quantitative estimate of drug-likeness (QED) is 0.779. The maximum Gasteiger partial charge on any atom is 0.220 e. The minimum absolute atomic E-state index is 0.0511. The number of hydrogen-bond acceptors (Lipinski definition) is 4. The van der Waals surface area contributed by atoms with Crippen LogP contribution in [-0.2, 0) is 11.2 Å². The average Bonchev–Trinajstić information content (AvgIpc) is 3.03. The van der Waals surface area contributed by atoms with Crippen LogP contribution in [0.3, 0.4) is 0 Å². The van der Waals surface area contributed by atoms with Gasteiger partial charge in [-0.05, 0) is 60.4 Å². The summed E-state index contributed by atoms with van der Waals surface area (Å²) in [6.45, 7) is 4.11. The lowest BCUT2D eigenvalue weighted by atomic mass is 10.1. The van der Waals surface area contributed by atoms with Gasteiger partial charge in [-0.1, -0.05) is 12.1 Å². The second kappa shape index (κ2) is 8.70. The van der Waals surface area contributed by atoms with Crippen molar-refractivity contribution in [2.24, 2.45) is 0 Å². The molecule has 1 heterocycles. The van der Waals surface area contributed by atoms with Crippen molar-refractivity contribution in [3.63, 3.8) is 0 Å². The smallest absolute Gasteiger partial charge is 0.220 e. The van der Waals surface area contributed by atoms with Crippen LogP contribution in [0.15, 0.2) is 41.1 Å². The monoisotopic (exact) mass is 333 g/mol. The normalized spacial score (nSPS) is 12.2. The van der Waals surface area contributed by atoms with E-state index in [1.807, 2.05) is 54.9 Å². The van der Waals surface area contributed by atoms with Gasteiger partial charge in [0.25, 0.3) is 0 Å². The van der Waals surface area contributed by atoms with Crippen LogP contribution >= 0.6 is 11.3 Å². The van der Waals surface area contributed by atoms with Crippen LogP contribution in [0.2, 0.25) is 0 Å². The highest BCUT2D eigenvalue weighted by Gasteiger charge is 2.11. The van der Waals surface area contributed by atoms with Crippen molar-refractivity contribution in [3.8, 4) is 5.75 Å². The molecule has 0 saturated heterocycles. The first-order valence-corrected chi connectivity index (χ1v) is 8.71. The van der Waals surface area contributed by atoms with Gasteiger partial charge in [0.15, 0.2) is 0 Å². The van der Waals surface area contributed by atoms with E-state index in [0.717, 1.165) is 17.7 Å². The lowest BCUT2D eigenvalue weighted by Crippen LogP contribution is -2.28. The highest BCUT2D eigenvalue weighted by atomic mass is 32.1. The molecule has 0 fully saturated rings. The number of ether oxygens (including phenoxy) is 1. The van der Waals surface area contributed by atoms with Gasteiger partial charge >= 0.3 is 0 Å². The molecule has 1 amide bonds. The van der Waals surface area contributed by atoms with E-state index in [1.165, 1.54) is 5.56 Å². The molecular weight excluding hydrogens is 310 g/mol. The Hall–Kier alpha value is -1.85. The summed E-state index contributed by atoms with van der Waals surface area (Å²) in [5.41, 5.74) is 1.91. The van der Waals surface area contributed by atoms with Crippen LogP contribution in [0.25, 0.3) is 0 Å². The van der Waals surface area contributed by atoms with Gasteiger partial charge < -0.3 is 15.2 Å². The predicted molar refractivity (Wildman–Crippen MR) is 92.8 cm³/mol. The standard InChI is InChI=1S/C18H23NO3S/c1-13(2)22-16-5-3-4-15(10-16)17(20)11-19-18(21)7-6-14-8-9-23-12-14/h3-5,8-10,12-13,17,20H,6-7,11H2,1-2H3,(H,19,21)/t17-/m0/s1. The van der Waals surface area contributed by atoms with Gasteiger partial charge in [0.1, 0.15) is 5.75 Å². The molecule has 5 heteroatoms. The minimum atomic E-state index is -0.740. The Morgan fingerprint density at radius 1 is 1.35 bits per heavy atom. The molecule has 2 rings (SSSR count). The number of rotatable bonds is 8. The van der Waals surface area contributed by atoms with Gasteiger partial charge in [-0.3, -0.25) is 4.79 Å². The maximum absolute atomic E-state index is 11.8. The van der Waals surface area contributed by atoms with Gasteiger partial charge in [-0.25, -0.2) is 0 Å². The Bertz CT molecular complexity index is 610. The summed E-state index contributed by atoms with van der Waals surface area (Å²) in [7, 11) is 0. The zero-order valence-corrected chi connectivity index (χ0v) is 14.3. The summed E-state index contributed by atoms with van der Waals surface area (Å²) in [5, 5.41) is 17.0. The fourth-order valence-electron chi connectivity index (χ4n) is 2.18. The zero-order valence-electron chi connectivity index (χ0n) is 13.5. The van der Waals surface area contributed by atoms with Gasteiger partial charge in [0.2, 0.25) is 5.91 Å². The van der Waals surface area contributed by atoms with Gasteiger partial charge in [-0.15, -0.1) is 0 Å². The van der Waals surface area contributed by atoms with Crippen molar-refractivity contribution in [2.75, 3.05) is 6.54 Å². The summed E-state index contributed by atoms with van der Waals surface area (Å²) >= 11 is 1.63. The number of carbonyl (C=O) groups excluding carboxylic acids is 1. The molecule has 0 aliphatic carbocycles. The lowest BCUT2D eigenvalue weighted by molar-refractivity contribution is -0.121. The minimum Gasteiger partial charge on any atom is -0.491 e. The third-order valence-electron chi connectivity index (χ3n) is 3.33. The van der Waals surface area contributed by atoms with Crippen LogP contribution in [-0.4, -0.2) is 23.7 Å². The molecule has 1 aromatic carbocycles. The molecule has 23 heavy (non-hydrogen) atoms. The molecule has 0 radical (unpaired) electrons. The summed E-state index contributed by atoms with van der Waals surface area (Å²) in [4.78, 5) is 11.8. The highest BCUT2D eigenvalue weighted by Crippen LogP contribution is 2.20. The number of aryl methyl sites for hydroxylation is 1. The van der Waals surface area contributed by atoms with Crippen molar-refractivity contribution in [2.45, 2.75) is 38.9 Å². The first-order valence-electron chi connectivity index (χ1n) is 7.77. The van der Waals surface area contributed by atoms with Crippen molar-refractivity contribution in [3.05, 3.63) is 52.2 Å². The number of amides is 1. The van der Waals surface area contributed by atoms with E-state index in [0.29, 0.717) is 6.42 Å². The van der Waals surface area contributed by atoms with Crippen LogP contribution in [0, 0.1) is 0 Å². The van der Waals surface area contributed by atoms with Gasteiger partial charge in [0, 0.05) is 13.0 Å². The second-order valence-corrected chi connectivity index (χ2v) is 6.47. The third kappa shape index (κ3) is 6.04. The third-order valence-corrected chi connectivity index (χ3v) is 4.06. The summed E-state index contributed by atoms with van der Waals surface area (Å²) in [6.07, 6.45) is 0.498. The summed E-state index contributed by atoms with van der Waals surface area (Å²) in [5.74, 6) is 0.671. The topological polar surface area (TPSA) is 58.6 Å². The number of hydrogen-bond donors (Lipinski definition) is 2. The number of nitrogens with one attached hydrogen (secondary N) is 1. The van der Waals surface area contributed by atoms with Crippen molar-refractivity contribution in [1.29, 1.82) is 0 Å². The van der Waals surface area contributed by atoms with E-state index in [2.05, 4.69) is 5.32 Å². The number of aliphatic hydroxyl groups is 1. The molecule has 2 N–H and O–H groups in total. The van der Waals surface area contributed by atoms with Crippen LogP contribution in [0.4, 0.5) is 0 Å². The van der Waals surface area contributed by atoms with Gasteiger partial charge in [0.05, 0.1) is 12.2 Å². The molecule has 2 aromatic rings. The fraction of sp³-hybridized carbons (Fsp3) is 0.389.